The van der Waals surface area contributed by atoms with Crippen LogP contribution < -0.4 is 10.6 Å². The van der Waals surface area contributed by atoms with Crippen LogP contribution in [0, 0.1) is 24.6 Å². The zero-order valence-corrected chi connectivity index (χ0v) is 18.6. The predicted molar refractivity (Wildman–Crippen MR) is 119 cm³/mol. The third-order valence-electron chi connectivity index (χ3n) is 5.69. The van der Waals surface area contributed by atoms with Gasteiger partial charge in [-0.25, -0.2) is 9.37 Å². The van der Waals surface area contributed by atoms with Crippen LogP contribution >= 0.6 is 0 Å². The second-order valence-corrected chi connectivity index (χ2v) is 8.46. The molecule has 7 nitrogen and oxygen atoms in total. The van der Waals surface area contributed by atoms with Gasteiger partial charge in [-0.15, -0.1) is 0 Å². The first-order valence-corrected chi connectivity index (χ1v) is 10.8. The van der Waals surface area contributed by atoms with Crippen molar-refractivity contribution in [2.24, 2.45) is 11.8 Å². The summed E-state index contributed by atoms with van der Waals surface area (Å²) in [5.74, 6) is -1.78. The van der Waals surface area contributed by atoms with Gasteiger partial charge in [-0.3, -0.25) is 14.4 Å². The van der Waals surface area contributed by atoms with Crippen molar-refractivity contribution in [2.45, 2.75) is 39.7 Å². The molecule has 0 aliphatic carbocycles. The molecule has 1 aliphatic rings. The van der Waals surface area contributed by atoms with Gasteiger partial charge in [0.25, 0.3) is 5.91 Å². The first-order valence-electron chi connectivity index (χ1n) is 10.8. The van der Waals surface area contributed by atoms with Gasteiger partial charge < -0.3 is 15.5 Å². The van der Waals surface area contributed by atoms with Crippen LogP contribution in [0.4, 0.5) is 10.2 Å². The molecule has 32 heavy (non-hydrogen) atoms. The first-order chi connectivity index (χ1) is 15.3. The molecule has 3 amide bonds. The van der Waals surface area contributed by atoms with Crippen molar-refractivity contribution in [1.82, 2.24) is 15.2 Å². The van der Waals surface area contributed by atoms with Crippen LogP contribution in [0.5, 0.6) is 0 Å². The summed E-state index contributed by atoms with van der Waals surface area (Å²) in [6.45, 7) is 6.27. The molecule has 2 unspecified atom stereocenters. The summed E-state index contributed by atoms with van der Waals surface area (Å²) in [5.41, 5.74) is 0.757. The number of aryl methyl sites for hydroxylation is 1. The highest BCUT2D eigenvalue weighted by atomic mass is 19.1. The van der Waals surface area contributed by atoms with E-state index in [1.54, 1.807) is 23.2 Å². The lowest BCUT2D eigenvalue weighted by Crippen LogP contribution is -2.54. The Hall–Kier alpha value is -3.29. The van der Waals surface area contributed by atoms with Crippen LogP contribution in [0.25, 0.3) is 0 Å². The average Bonchev–Trinajstić information content (AvgIpc) is 2.78. The number of amides is 3. The number of likely N-dealkylation sites (tertiary alicyclic amines) is 1. The van der Waals surface area contributed by atoms with Crippen molar-refractivity contribution in [3.05, 3.63) is 59.5 Å². The second-order valence-electron chi connectivity index (χ2n) is 8.46. The molecule has 1 fully saturated rings. The molecule has 0 spiro atoms. The number of rotatable bonds is 6. The fourth-order valence-corrected chi connectivity index (χ4v) is 3.80. The topological polar surface area (TPSA) is 91.4 Å². The Morgan fingerprint density at radius 2 is 1.91 bits per heavy atom. The number of carbonyl (C=O) groups is 3. The third kappa shape index (κ3) is 5.49. The van der Waals surface area contributed by atoms with Crippen LogP contribution in [-0.2, 0) is 9.59 Å². The van der Waals surface area contributed by atoms with Gasteiger partial charge >= 0.3 is 0 Å². The Labute approximate surface area is 187 Å². The maximum Gasteiger partial charge on any atom is 0.254 e. The van der Waals surface area contributed by atoms with Crippen molar-refractivity contribution in [3.63, 3.8) is 0 Å². The van der Waals surface area contributed by atoms with E-state index in [0.29, 0.717) is 25.2 Å². The summed E-state index contributed by atoms with van der Waals surface area (Å²) in [7, 11) is 0. The van der Waals surface area contributed by atoms with Crippen molar-refractivity contribution < 1.29 is 18.8 Å². The Bertz CT molecular complexity index is 995. The van der Waals surface area contributed by atoms with Crippen molar-refractivity contribution in [1.29, 1.82) is 0 Å². The molecule has 0 saturated carbocycles. The molecule has 1 aromatic carbocycles. The lowest BCUT2D eigenvalue weighted by molar-refractivity contribution is -0.137. The summed E-state index contributed by atoms with van der Waals surface area (Å²) >= 11 is 0. The van der Waals surface area contributed by atoms with Crippen molar-refractivity contribution >= 4 is 23.5 Å². The van der Waals surface area contributed by atoms with E-state index in [4.69, 9.17) is 0 Å². The summed E-state index contributed by atoms with van der Waals surface area (Å²) in [4.78, 5) is 44.4. The van der Waals surface area contributed by atoms with E-state index < -0.39 is 17.8 Å². The van der Waals surface area contributed by atoms with Crippen LogP contribution in [0.3, 0.4) is 0 Å². The molecule has 2 N–H and O–H groups in total. The summed E-state index contributed by atoms with van der Waals surface area (Å²) < 4.78 is 14.0. The van der Waals surface area contributed by atoms with Gasteiger partial charge in [0.1, 0.15) is 17.7 Å². The van der Waals surface area contributed by atoms with Gasteiger partial charge in [0.15, 0.2) is 0 Å². The standard InChI is InChI=1S/C24H29FN4O3/c1-15(2)20(27-23(31)18-10-4-5-11-19(18)25)24(32)29-13-7-9-17(14-29)22(30)28-21-16(3)8-6-12-26-21/h4-6,8,10-12,15,17,20H,7,9,13-14H2,1-3H3,(H,27,31)(H,26,28,30). The third-order valence-corrected chi connectivity index (χ3v) is 5.69. The molecule has 3 rings (SSSR count). The molecule has 0 radical (unpaired) electrons. The smallest absolute Gasteiger partial charge is 0.254 e. The number of aromatic nitrogens is 1. The second kappa shape index (κ2) is 10.3. The Kier molecular flexibility index (Phi) is 7.56. The maximum absolute atomic E-state index is 14.0. The molecular weight excluding hydrogens is 411 g/mol. The number of hydrogen-bond acceptors (Lipinski definition) is 4. The fraction of sp³-hybridized carbons (Fsp3) is 0.417. The van der Waals surface area contributed by atoms with E-state index in [1.165, 1.54) is 18.2 Å². The Morgan fingerprint density at radius 1 is 1.16 bits per heavy atom. The largest absolute Gasteiger partial charge is 0.340 e. The van der Waals surface area contributed by atoms with E-state index in [-0.39, 0.29) is 35.8 Å². The van der Waals surface area contributed by atoms with Crippen molar-refractivity contribution in [2.75, 3.05) is 18.4 Å². The quantitative estimate of drug-likeness (QED) is 0.722. The van der Waals surface area contributed by atoms with Crippen LogP contribution in [-0.4, -0.2) is 46.7 Å². The Balaban J connectivity index is 1.67. The number of pyridine rings is 1. The van der Waals surface area contributed by atoms with E-state index >= 15 is 0 Å². The lowest BCUT2D eigenvalue weighted by Gasteiger charge is -2.35. The van der Waals surface area contributed by atoms with Crippen LogP contribution in [0.2, 0.25) is 0 Å². The van der Waals surface area contributed by atoms with Gasteiger partial charge in [0.05, 0.1) is 11.5 Å². The minimum atomic E-state index is -0.818. The number of piperidine rings is 1. The highest BCUT2D eigenvalue weighted by Crippen LogP contribution is 2.21. The van der Waals surface area contributed by atoms with Gasteiger partial charge in [-0.1, -0.05) is 32.0 Å². The van der Waals surface area contributed by atoms with E-state index in [9.17, 15) is 18.8 Å². The molecule has 1 aliphatic heterocycles. The number of hydrogen-bond donors (Lipinski definition) is 2. The lowest BCUT2D eigenvalue weighted by atomic mass is 9.94. The molecule has 170 valence electrons. The number of nitrogens with one attached hydrogen (secondary N) is 2. The number of carbonyl (C=O) groups excluding carboxylic acids is 3. The minimum absolute atomic E-state index is 0.104. The van der Waals surface area contributed by atoms with E-state index in [1.807, 2.05) is 26.8 Å². The molecular formula is C24H29FN4O3. The zero-order chi connectivity index (χ0) is 23.3. The molecule has 8 heteroatoms. The fourth-order valence-electron chi connectivity index (χ4n) is 3.80. The van der Waals surface area contributed by atoms with Crippen LogP contribution in [0.15, 0.2) is 42.6 Å². The predicted octanol–water partition coefficient (Wildman–Crippen LogP) is 3.16. The van der Waals surface area contributed by atoms with E-state index in [2.05, 4.69) is 15.6 Å². The van der Waals surface area contributed by atoms with Crippen molar-refractivity contribution in [3.8, 4) is 0 Å². The molecule has 1 aromatic heterocycles. The number of anilines is 1. The van der Waals surface area contributed by atoms with Gasteiger partial charge in [-0.2, -0.15) is 0 Å². The molecule has 1 saturated heterocycles. The number of halogens is 1. The van der Waals surface area contributed by atoms with Gasteiger partial charge in [0, 0.05) is 19.3 Å². The molecule has 2 atom stereocenters. The summed E-state index contributed by atoms with van der Waals surface area (Å²) in [6.07, 6.45) is 2.96. The SMILES string of the molecule is Cc1cccnc1NC(=O)C1CCCN(C(=O)C(NC(=O)c2ccccc2F)C(C)C)C1. The molecule has 2 heterocycles. The number of benzene rings is 1. The van der Waals surface area contributed by atoms with E-state index in [0.717, 1.165) is 5.56 Å². The minimum Gasteiger partial charge on any atom is -0.340 e. The normalized spacial score (nSPS) is 17.0. The summed E-state index contributed by atoms with van der Waals surface area (Å²) in [5, 5.41) is 5.53. The first kappa shape index (κ1) is 23.4. The highest BCUT2D eigenvalue weighted by molar-refractivity contribution is 5.98. The maximum atomic E-state index is 14.0. The molecule has 2 aromatic rings. The zero-order valence-electron chi connectivity index (χ0n) is 18.6. The van der Waals surface area contributed by atoms with Gasteiger partial charge in [-0.05, 0) is 49.4 Å². The number of nitrogens with zero attached hydrogens (tertiary/aromatic N) is 2. The van der Waals surface area contributed by atoms with Gasteiger partial charge in [0.2, 0.25) is 11.8 Å². The monoisotopic (exact) mass is 440 g/mol. The molecule has 0 bridgehead atoms. The average molecular weight is 441 g/mol. The summed E-state index contributed by atoms with van der Waals surface area (Å²) in [6, 6.07) is 8.51. The highest BCUT2D eigenvalue weighted by Gasteiger charge is 2.34. The van der Waals surface area contributed by atoms with Crippen LogP contribution in [0.1, 0.15) is 42.6 Å². The Morgan fingerprint density at radius 3 is 2.59 bits per heavy atom.